The molecular formula is C64H65Ga2N5O14. The van der Waals surface area contributed by atoms with Crippen LogP contribution in [0.25, 0.3) is 54.5 Å². The van der Waals surface area contributed by atoms with Crippen LogP contribution in [0, 0.1) is 45.4 Å². The molecule has 0 aliphatic carbocycles. The number of aliphatic carboxylic acids is 2. The number of aromatic nitrogens is 5. The van der Waals surface area contributed by atoms with Gasteiger partial charge in [-0.1, -0.05) is 32.0 Å². The van der Waals surface area contributed by atoms with Gasteiger partial charge in [-0.25, -0.2) is 4.98 Å². The van der Waals surface area contributed by atoms with Crippen LogP contribution in [0.4, 0.5) is 0 Å². The first-order chi connectivity index (χ1) is 40.0. The van der Waals surface area contributed by atoms with E-state index >= 15 is 0 Å². The number of phenolic OH excluding ortho intramolecular Hbond substituents is 1. The number of pyridine rings is 5. The Morgan fingerprint density at radius 2 is 0.624 bits per heavy atom. The van der Waals surface area contributed by atoms with Crippen LogP contribution in [0.15, 0.2) is 152 Å². The first-order valence-electron chi connectivity index (χ1n) is 27.0. The number of fused-ring (bicyclic) bond motifs is 5. The molecule has 19 nitrogen and oxygen atoms in total. The number of rotatable bonds is 18. The maximum atomic E-state index is 13.9. The second-order valence-electron chi connectivity index (χ2n) is 21.8. The molecule has 0 radical (unpaired) electrons. The molecule has 0 bridgehead atoms. The van der Waals surface area contributed by atoms with Crippen molar-refractivity contribution in [3.05, 3.63) is 180 Å². The molecular weight excluding hydrogens is 1200 g/mol. The van der Waals surface area contributed by atoms with Crippen LogP contribution in [0.2, 0.25) is 0 Å². The minimum atomic E-state index is -4.00. The molecule has 0 saturated carbocycles. The standard InChI is InChI=1S/5C10H9NO.2C7H12O4.2Ga.H2O/c5*1-7-5-6-8-3-2-4-9(12)10(8)11-7;2*1-7(2,3-5(8)9)4-6(10)11;;;/h5*2-6,12H,1H3;2*3-4H2,1-2H3,(H,8,9)(H,10,11);;;1H2/q;;;;;;;2*+3;/p-6. The van der Waals surface area contributed by atoms with E-state index in [1.54, 1.807) is 58.0 Å². The van der Waals surface area contributed by atoms with E-state index in [1.807, 2.05) is 156 Å². The number of hydrogen-bond acceptors (Lipinski definition) is 16. The summed E-state index contributed by atoms with van der Waals surface area (Å²) in [7, 11) is 0. The van der Waals surface area contributed by atoms with E-state index in [4.69, 9.17) is 51.3 Å². The fraction of sp³-hybridized carbons (Fsp3) is 0.234. The van der Waals surface area contributed by atoms with Crippen LogP contribution < -0.4 is 14.1 Å². The van der Waals surface area contributed by atoms with Crippen molar-refractivity contribution in [3.8, 4) is 28.7 Å². The van der Waals surface area contributed by atoms with Crippen LogP contribution >= 0.6 is 0 Å². The summed E-state index contributed by atoms with van der Waals surface area (Å²) in [5.74, 6) is -1.08. The maximum absolute atomic E-state index is 13.9. The summed E-state index contributed by atoms with van der Waals surface area (Å²) in [5.41, 5.74) is 5.76. The van der Waals surface area contributed by atoms with Gasteiger partial charge in [-0.2, -0.15) is 0 Å². The zero-order valence-corrected chi connectivity index (χ0v) is 53.4. The number of nitrogens with zero attached hydrogens (tertiary/aromatic N) is 5. The summed E-state index contributed by atoms with van der Waals surface area (Å²) in [6.45, 7) is 16.3. The second kappa shape index (κ2) is 28.2. The van der Waals surface area contributed by atoms with Crippen LogP contribution in [0.1, 0.15) is 81.8 Å². The molecule has 0 aliphatic heterocycles. The van der Waals surface area contributed by atoms with E-state index in [-0.39, 0.29) is 36.9 Å². The van der Waals surface area contributed by atoms with Crippen molar-refractivity contribution in [1.29, 1.82) is 0 Å². The van der Waals surface area contributed by atoms with Gasteiger partial charge in [0.2, 0.25) is 0 Å². The van der Waals surface area contributed by atoms with Crippen LogP contribution in [0.3, 0.4) is 0 Å². The summed E-state index contributed by atoms with van der Waals surface area (Å²) >= 11 is -7.99. The van der Waals surface area contributed by atoms with Crippen molar-refractivity contribution in [1.82, 2.24) is 24.9 Å². The third kappa shape index (κ3) is 17.9. The average Bonchev–Trinajstić information content (AvgIpc) is 3.41. The number of benzene rings is 5. The number of carbonyl (C=O) groups excluding carboxylic acids is 2. The molecule has 0 spiro atoms. The molecule has 0 fully saturated rings. The third-order valence-corrected chi connectivity index (χ3v) is 18.6. The fourth-order valence-electron chi connectivity index (χ4n) is 9.06. The van der Waals surface area contributed by atoms with Gasteiger partial charge in [0, 0.05) is 11.1 Å². The smallest absolute Gasteiger partial charge is 0.412 e. The summed E-state index contributed by atoms with van der Waals surface area (Å²) < 4.78 is 38.2. The molecule has 0 amide bonds. The van der Waals surface area contributed by atoms with Crippen molar-refractivity contribution >= 4 is 113 Å². The van der Waals surface area contributed by atoms with E-state index in [1.165, 1.54) is 0 Å². The molecule has 85 heavy (non-hydrogen) atoms. The summed E-state index contributed by atoms with van der Waals surface area (Å²) in [6, 6.07) is 47.1. The Morgan fingerprint density at radius 3 is 0.906 bits per heavy atom. The topological polar surface area (TPSA) is 280 Å². The molecule has 5 N–H and O–H groups in total. The van der Waals surface area contributed by atoms with Gasteiger partial charge in [0.25, 0.3) is 0 Å². The Kier molecular flexibility index (Phi) is 21.2. The Hall–Kier alpha value is -8.74. The minimum absolute atomic E-state index is 0. The van der Waals surface area contributed by atoms with Crippen molar-refractivity contribution in [2.24, 2.45) is 10.8 Å². The normalized spacial score (nSPS) is 11.1. The summed E-state index contributed by atoms with van der Waals surface area (Å²) in [5, 5.41) is 30.6. The Balaban J connectivity index is 0.000000358. The number of carboxylic acids is 2. The van der Waals surface area contributed by atoms with Crippen molar-refractivity contribution < 1.29 is 61.1 Å². The van der Waals surface area contributed by atoms with Crippen LogP contribution in [-0.4, -0.2) is 104 Å². The zero-order chi connectivity index (χ0) is 60.3. The first kappa shape index (κ1) is 63.8. The van der Waals surface area contributed by atoms with Gasteiger partial charge >= 0.3 is 380 Å². The number of carbonyl (C=O) groups is 4. The average molecular weight is 1270 g/mol. The van der Waals surface area contributed by atoms with E-state index in [2.05, 4.69) is 4.98 Å². The van der Waals surface area contributed by atoms with Crippen LogP contribution in [-0.2, 0) is 26.2 Å². The summed E-state index contributed by atoms with van der Waals surface area (Å²) in [6.07, 6.45) is -0.512. The molecule has 0 atom stereocenters. The fourth-order valence-corrected chi connectivity index (χ4v) is 14.3. The molecule has 5 aromatic heterocycles. The minimum Gasteiger partial charge on any atom is -0.412 e. The number of aryl methyl sites for hydroxylation is 5. The Labute approximate surface area is 503 Å². The Bertz CT molecular complexity index is 3680. The zero-order valence-electron chi connectivity index (χ0n) is 48.6. The van der Waals surface area contributed by atoms with Gasteiger partial charge in [-0.15, -0.1) is 0 Å². The largest absolute Gasteiger partial charge is 0.412 e. The molecule has 0 saturated heterocycles. The number of hydrogen-bond donors (Lipinski definition) is 3. The van der Waals surface area contributed by atoms with Crippen molar-refractivity contribution in [2.75, 3.05) is 0 Å². The number of aromatic hydroxyl groups is 1. The van der Waals surface area contributed by atoms with E-state index in [0.29, 0.717) is 50.6 Å². The third-order valence-electron chi connectivity index (χ3n) is 13.0. The monoisotopic (exact) mass is 1270 g/mol. The van der Waals surface area contributed by atoms with E-state index in [0.717, 1.165) is 55.4 Å². The molecule has 436 valence electrons. The molecule has 21 heteroatoms. The second-order valence-corrected chi connectivity index (χ2v) is 27.2. The first-order valence-corrected chi connectivity index (χ1v) is 32.9. The van der Waals surface area contributed by atoms with Gasteiger partial charge in [-0.3, -0.25) is 9.59 Å². The van der Waals surface area contributed by atoms with E-state index < -0.39 is 69.3 Å². The van der Waals surface area contributed by atoms with Gasteiger partial charge < -0.3 is 20.8 Å². The van der Waals surface area contributed by atoms with Crippen molar-refractivity contribution in [2.45, 2.75) is 88.0 Å². The maximum Gasteiger partial charge on any atom is -0.412 e. The number of phenols is 1. The van der Waals surface area contributed by atoms with E-state index in [9.17, 15) is 24.3 Å². The van der Waals surface area contributed by atoms with Gasteiger partial charge in [0.05, 0.1) is 12.8 Å². The number of carboxylic acid groups (broad SMARTS) is 2. The molecule has 10 rings (SSSR count). The molecule has 10 aromatic rings. The Morgan fingerprint density at radius 1 is 0.376 bits per heavy atom. The van der Waals surface area contributed by atoms with Gasteiger partial charge in [0.15, 0.2) is 0 Å². The molecule has 0 unspecified atom stereocenters. The predicted molar refractivity (Wildman–Crippen MR) is 325 cm³/mol. The SMILES string of the molecule is CC(C)(CC(=O)O)CC(=O)O.Cc1ccc2cccc(O)c2n1.Cc1ccc2cccc([O][Ga]([O]C(=O)CC(C)(C)CC(=O)[O][Ga]([O]c3cccc4ccc(C)nc34)[O]c3cccc4ccc(C)nc34)[O]c3cccc4ccc(C)nc34)c2n1.O. The van der Waals surface area contributed by atoms with Crippen molar-refractivity contribution in [3.63, 3.8) is 0 Å². The van der Waals surface area contributed by atoms with Crippen LogP contribution in [0.5, 0.6) is 28.7 Å². The van der Waals surface area contributed by atoms with Gasteiger partial charge in [0.1, 0.15) is 11.3 Å². The molecule has 5 heterocycles. The summed E-state index contributed by atoms with van der Waals surface area (Å²) in [4.78, 5) is 71.3. The quantitative estimate of drug-likeness (QED) is 0.0673. The molecule has 5 aromatic carbocycles. The molecule has 0 aliphatic rings. The van der Waals surface area contributed by atoms with Gasteiger partial charge in [-0.05, 0) is 24.5 Å². The predicted octanol–water partition coefficient (Wildman–Crippen LogP) is 12.0. The number of para-hydroxylation sites is 5.